The van der Waals surface area contributed by atoms with Crippen molar-refractivity contribution in [2.45, 2.75) is 51.1 Å². The summed E-state index contributed by atoms with van der Waals surface area (Å²) in [6.45, 7) is 3.17. The Labute approximate surface area is 186 Å². The monoisotopic (exact) mass is 420 g/mol. The SMILES string of the molecule is CNCc1cn2c(N(C)C3CCN(C)CC3)cccc2n1.c1cnc2c(c1)CCCC2. The molecule has 1 aliphatic heterocycles. The molecular weight excluding hydrogens is 384 g/mol. The van der Waals surface area contributed by atoms with Gasteiger partial charge in [-0.05, 0) is 89.5 Å². The minimum atomic E-state index is 0.613. The molecule has 0 bridgehead atoms. The summed E-state index contributed by atoms with van der Waals surface area (Å²) in [6, 6.07) is 11.2. The minimum Gasteiger partial charge on any atom is -0.358 e. The molecule has 0 radical (unpaired) electrons. The van der Waals surface area contributed by atoms with Crippen molar-refractivity contribution in [2.24, 2.45) is 0 Å². The Morgan fingerprint density at radius 1 is 1.10 bits per heavy atom. The number of nitrogens with zero attached hydrogens (tertiary/aromatic N) is 5. The number of piperidine rings is 1. The molecule has 4 heterocycles. The predicted octanol–water partition coefficient (Wildman–Crippen LogP) is 3.54. The van der Waals surface area contributed by atoms with Crippen LogP contribution < -0.4 is 10.2 Å². The number of anilines is 1. The van der Waals surface area contributed by atoms with Gasteiger partial charge in [0, 0.05) is 37.7 Å². The van der Waals surface area contributed by atoms with Crippen molar-refractivity contribution in [1.29, 1.82) is 0 Å². The van der Waals surface area contributed by atoms with Gasteiger partial charge in [0.2, 0.25) is 0 Å². The topological polar surface area (TPSA) is 48.7 Å². The van der Waals surface area contributed by atoms with E-state index in [1.165, 1.54) is 68.7 Å². The first kappa shape index (κ1) is 21.8. The van der Waals surface area contributed by atoms with Gasteiger partial charge in [0.05, 0.1) is 5.69 Å². The summed E-state index contributed by atoms with van der Waals surface area (Å²) in [5.74, 6) is 1.23. The molecule has 0 aromatic carbocycles. The van der Waals surface area contributed by atoms with Crippen molar-refractivity contribution in [3.63, 3.8) is 0 Å². The number of fused-ring (bicyclic) bond motifs is 2. The maximum Gasteiger partial charge on any atom is 0.138 e. The van der Waals surface area contributed by atoms with Crippen molar-refractivity contribution in [3.05, 3.63) is 59.7 Å². The molecule has 0 saturated carbocycles. The molecule has 6 heteroatoms. The Hall–Kier alpha value is -2.44. The lowest BCUT2D eigenvalue weighted by Gasteiger charge is -2.36. The molecule has 31 heavy (non-hydrogen) atoms. The van der Waals surface area contributed by atoms with E-state index in [0.29, 0.717) is 6.04 Å². The molecule has 0 atom stereocenters. The number of aryl methyl sites for hydroxylation is 2. The molecule has 0 amide bonds. The highest BCUT2D eigenvalue weighted by Crippen LogP contribution is 2.23. The second kappa shape index (κ2) is 10.2. The standard InChI is InChI=1S/C16H25N5.C9H11N/c1-17-11-13-12-21-15(18-13)5-4-6-16(21)20(3)14-7-9-19(2)10-8-14;1-2-6-9-8(4-1)5-3-7-10-9/h4-6,12,14,17H,7-11H2,1-3H3;3,5,7H,1-2,4,6H2. The van der Waals surface area contributed by atoms with E-state index in [1.54, 1.807) is 0 Å². The lowest BCUT2D eigenvalue weighted by molar-refractivity contribution is 0.252. The van der Waals surface area contributed by atoms with Crippen LogP contribution in [0.15, 0.2) is 42.7 Å². The normalized spacial score (nSPS) is 17.1. The first-order valence-corrected chi connectivity index (χ1v) is 11.6. The Kier molecular flexibility index (Phi) is 7.20. The molecule has 166 valence electrons. The van der Waals surface area contributed by atoms with Gasteiger partial charge in [-0.1, -0.05) is 12.1 Å². The van der Waals surface area contributed by atoms with Crippen molar-refractivity contribution in [1.82, 2.24) is 24.6 Å². The maximum atomic E-state index is 4.67. The second-order valence-corrected chi connectivity index (χ2v) is 8.84. The molecule has 1 fully saturated rings. The highest BCUT2D eigenvalue weighted by Gasteiger charge is 2.22. The number of rotatable bonds is 4. The summed E-state index contributed by atoms with van der Waals surface area (Å²) in [7, 11) is 6.37. The van der Waals surface area contributed by atoms with E-state index in [9.17, 15) is 0 Å². The summed E-state index contributed by atoms with van der Waals surface area (Å²) in [5.41, 5.74) is 4.90. The van der Waals surface area contributed by atoms with Crippen LogP contribution in [0.4, 0.5) is 5.82 Å². The molecule has 5 rings (SSSR count). The first-order valence-electron chi connectivity index (χ1n) is 11.6. The molecule has 1 N–H and O–H groups in total. The van der Waals surface area contributed by atoms with E-state index < -0.39 is 0 Å². The smallest absolute Gasteiger partial charge is 0.138 e. The van der Waals surface area contributed by atoms with Crippen molar-refractivity contribution < 1.29 is 0 Å². The van der Waals surface area contributed by atoms with Crippen LogP contribution in [0.2, 0.25) is 0 Å². The molecule has 3 aromatic heterocycles. The number of nitrogens with one attached hydrogen (secondary N) is 1. The highest BCUT2D eigenvalue weighted by atomic mass is 15.2. The van der Waals surface area contributed by atoms with E-state index in [-0.39, 0.29) is 0 Å². The fraction of sp³-hybridized carbons (Fsp3) is 0.520. The predicted molar refractivity (Wildman–Crippen MR) is 128 cm³/mol. The Morgan fingerprint density at radius 3 is 2.68 bits per heavy atom. The third-order valence-electron chi connectivity index (χ3n) is 6.57. The number of aromatic nitrogens is 3. The van der Waals surface area contributed by atoms with Crippen LogP contribution >= 0.6 is 0 Å². The van der Waals surface area contributed by atoms with Gasteiger partial charge in [0.15, 0.2) is 0 Å². The highest BCUT2D eigenvalue weighted by molar-refractivity contribution is 5.52. The average Bonchev–Trinajstić information content (AvgIpc) is 3.23. The third-order valence-corrected chi connectivity index (χ3v) is 6.57. The van der Waals surface area contributed by atoms with E-state index in [1.807, 2.05) is 19.3 Å². The summed E-state index contributed by atoms with van der Waals surface area (Å²) < 4.78 is 2.21. The molecule has 1 saturated heterocycles. The van der Waals surface area contributed by atoms with Crippen molar-refractivity contribution in [2.75, 3.05) is 39.1 Å². The first-order chi connectivity index (χ1) is 15.2. The van der Waals surface area contributed by atoms with E-state index in [2.05, 4.69) is 74.0 Å². The van der Waals surface area contributed by atoms with Crippen LogP contribution in [-0.4, -0.2) is 59.5 Å². The summed E-state index contributed by atoms with van der Waals surface area (Å²) in [5, 5.41) is 3.17. The lowest BCUT2D eigenvalue weighted by atomic mass is 9.96. The summed E-state index contributed by atoms with van der Waals surface area (Å²) in [6.07, 6.45) is 11.6. The van der Waals surface area contributed by atoms with Crippen LogP contribution in [0.3, 0.4) is 0 Å². The summed E-state index contributed by atoms with van der Waals surface area (Å²) in [4.78, 5) is 13.8. The molecule has 0 spiro atoms. The van der Waals surface area contributed by atoms with Gasteiger partial charge in [-0.25, -0.2) is 4.98 Å². The van der Waals surface area contributed by atoms with E-state index in [0.717, 1.165) is 17.9 Å². The van der Waals surface area contributed by atoms with Gasteiger partial charge >= 0.3 is 0 Å². The molecule has 3 aromatic rings. The minimum absolute atomic E-state index is 0.613. The molecule has 1 aliphatic carbocycles. The van der Waals surface area contributed by atoms with Crippen LogP contribution in [0.1, 0.15) is 42.6 Å². The zero-order chi connectivity index (χ0) is 21.6. The zero-order valence-corrected chi connectivity index (χ0v) is 19.2. The molecule has 0 unspecified atom stereocenters. The van der Waals surface area contributed by atoms with Crippen LogP contribution in [0, 0.1) is 0 Å². The average molecular weight is 421 g/mol. The number of imidazole rings is 1. The lowest BCUT2D eigenvalue weighted by Crippen LogP contribution is -2.42. The Bertz CT molecular complexity index is 948. The fourth-order valence-electron chi connectivity index (χ4n) is 4.70. The molecule has 6 nitrogen and oxygen atoms in total. The number of likely N-dealkylation sites (tertiary alicyclic amines) is 1. The quantitative estimate of drug-likeness (QED) is 0.700. The number of hydrogen-bond donors (Lipinski definition) is 1. The van der Waals surface area contributed by atoms with Gasteiger partial charge in [-0.2, -0.15) is 0 Å². The largest absolute Gasteiger partial charge is 0.358 e. The van der Waals surface area contributed by atoms with Gasteiger partial charge < -0.3 is 15.1 Å². The number of hydrogen-bond acceptors (Lipinski definition) is 5. The van der Waals surface area contributed by atoms with E-state index in [4.69, 9.17) is 0 Å². The molecule has 2 aliphatic rings. The third kappa shape index (κ3) is 5.25. The maximum absolute atomic E-state index is 4.67. The second-order valence-electron chi connectivity index (χ2n) is 8.84. The van der Waals surface area contributed by atoms with Gasteiger partial charge in [0.25, 0.3) is 0 Å². The van der Waals surface area contributed by atoms with Gasteiger partial charge in [-0.15, -0.1) is 0 Å². The van der Waals surface area contributed by atoms with Crippen LogP contribution in [-0.2, 0) is 19.4 Å². The zero-order valence-electron chi connectivity index (χ0n) is 19.2. The Balaban J connectivity index is 0.000000192. The summed E-state index contributed by atoms with van der Waals surface area (Å²) >= 11 is 0. The van der Waals surface area contributed by atoms with Crippen molar-refractivity contribution >= 4 is 11.5 Å². The van der Waals surface area contributed by atoms with Crippen LogP contribution in [0.5, 0.6) is 0 Å². The fourth-order valence-corrected chi connectivity index (χ4v) is 4.70. The Morgan fingerprint density at radius 2 is 1.90 bits per heavy atom. The molecular formula is C25H36N6. The van der Waals surface area contributed by atoms with Gasteiger partial charge in [0.1, 0.15) is 11.5 Å². The van der Waals surface area contributed by atoms with E-state index >= 15 is 0 Å². The van der Waals surface area contributed by atoms with Crippen molar-refractivity contribution in [3.8, 4) is 0 Å². The van der Waals surface area contributed by atoms with Crippen LogP contribution in [0.25, 0.3) is 5.65 Å². The van der Waals surface area contributed by atoms with Gasteiger partial charge in [-0.3, -0.25) is 9.38 Å². The number of pyridine rings is 2.